The van der Waals surface area contributed by atoms with E-state index in [1.807, 2.05) is 0 Å². The number of hydrogen-bond acceptors (Lipinski definition) is 5. The van der Waals surface area contributed by atoms with Crippen LogP contribution in [0.5, 0.6) is 11.5 Å². The largest absolute Gasteiger partial charge is 0.465 e. The zero-order valence-corrected chi connectivity index (χ0v) is 13.1. The van der Waals surface area contributed by atoms with E-state index in [0.29, 0.717) is 23.1 Å². The third kappa shape index (κ3) is 3.52. The number of rotatable bonds is 4. The lowest BCUT2D eigenvalue weighted by Crippen LogP contribution is -2.16. The highest BCUT2D eigenvalue weighted by atomic mass is 19.1. The molecule has 0 bridgehead atoms. The molecule has 0 fully saturated rings. The van der Waals surface area contributed by atoms with E-state index in [1.54, 1.807) is 18.2 Å². The van der Waals surface area contributed by atoms with E-state index in [9.17, 15) is 18.4 Å². The number of benzene rings is 2. The molecule has 0 spiro atoms. The average Bonchev–Trinajstić information content (AvgIpc) is 3.04. The van der Waals surface area contributed by atoms with Crippen LogP contribution in [0, 0.1) is 11.6 Å². The van der Waals surface area contributed by atoms with Crippen molar-refractivity contribution in [3.05, 3.63) is 53.1 Å². The number of methoxy groups -OCH3 is 1. The van der Waals surface area contributed by atoms with E-state index < -0.39 is 29.1 Å². The molecule has 0 aliphatic carbocycles. The minimum Gasteiger partial charge on any atom is -0.465 e. The molecule has 0 unspecified atom stereocenters. The highest BCUT2D eigenvalue weighted by Crippen LogP contribution is 2.32. The predicted octanol–water partition coefficient (Wildman–Crippen LogP) is 2.66. The van der Waals surface area contributed by atoms with Gasteiger partial charge in [0.25, 0.3) is 0 Å². The maximum Gasteiger partial charge on any atom is 0.340 e. The fraction of sp³-hybridized carbons (Fsp3) is 0.176. The number of ether oxygens (including phenoxy) is 3. The standard InChI is InChI=1S/C17H13F2NO5/c1-23-17(22)10-6-13(12(19)7-11(10)18)20-16(21)5-9-2-3-14-15(4-9)25-8-24-14/h2-4,6-7H,5,8H2,1H3,(H,20,21). The maximum atomic E-state index is 13.8. The Hall–Kier alpha value is -3.16. The third-order valence-electron chi connectivity index (χ3n) is 3.54. The van der Waals surface area contributed by atoms with Gasteiger partial charge in [0.15, 0.2) is 11.5 Å². The second-order valence-electron chi connectivity index (χ2n) is 5.22. The zero-order chi connectivity index (χ0) is 18.0. The number of hydrogen-bond donors (Lipinski definition) is 1. The second kappa shape index (κ2) is 6.76. The van der Waals surface area contributed by atoms with Crippen LogP contribution < -0.4 is 14.8 Å². The molecular weight excluding hydrogens is 336 g/mol. The number of fused-ring (bicyclic) bond motifs is 1. The summed E-state index contributed by atoms with van der Waals surface area (Å²) in [6.07, 6.45) is -0.0684. The topological polar surface area (TPSA) is 73.9 Å². The molecule has 0 aromatic heterocycles. The molecule has 8 heteroatoms. The number of carbonyl (C=O) groups excluding carboxylic acids is 2. The Morgan fingerprint density at radius 2 is 1.88 bits per heavy atom. The van der Waals surface area contributed by atoms with Crippen molar-refractivity contribution in [2.45, 2.75) is 6.42 Å². The Bertz CT molecular complexity index is 853. The highest BCUT2D eigenvalue weighted by Gasteiger charge is 2.19. The van der Waals surface area contributed by atoms with Crippen LogP contribution in [0.3, 0.4) is 0 Å². The van der Waals surface area contributed by atoms with Crippen molar-refractivity contribution >= 4 is 17.6 Å². The van der Waals surface area contributed by atoms with Crippen molar-refractivity contribution in [2.75, 3.05) is 19.2 Å². The minimum atomic E-state index is -1.07. The molecule has 0 atom stereocenters. The first-order chi connectivity index (χ1) is 12.0. The number of amides is 1. The quantitative estimate of drug-likeness (QED) is 0.859. The first kappa shape index (κ1) is 16.7. The third-order valence-corrected chi connectivity index (χ3v) is 3.54. The molecule has 25 heavy (non-hydrogen) atoms. The molecule has 130 valence electrons. The molecule has 1 amide bonds. The molecule has 2 aromatic carbocycles. The van der Waals surface area contributed by atoms with Crippen molar-refractivity contribution in [3.63, 3.8) is 0 Å². The van der Waals surface area contributed by atoms with Gasteiger partial charge in [0.1, 0.15) is 11.6 Å². The Morgan fingerprint density at radius 1 is 1.12 bits per heavy atom. The molecule has 0 radical (unpaired) electrons. The van der Waals surface area contributed by atoms with Crippen LogP contribution in [-0.2, 0) is 16.0 Å². The van der Waals surface area contributed by atoms with Crippen molar-refractivity contribution in [1.82, 2.24) is 0 Å². The van der Waals surface area contributed by atoms with E-state index >= 15 is 0 Å². The van der Waals surface area contributed by atoms with Crippen LogP contribution in [0.1, 0.15) is 15.9 Å². The van der Waals surface area contributed by atoms with Gasteiger partial charge < -0.3 is 19.5 Å². The summed E-state index contributed by atoms with van der Waals surface area (Å²) in [4.78, 5) is 23.6. The predicted molar refractivity (Wildman–Crippen MR) is 82.6 cm³/mol. The van der Waals surface area contributed by atoms with Gasteiger partial charge in [-0.25, -0.2) is 13.6 Å². The van der Waals surface area contributed by atoms with Gasteiger partial charge in [-0.2, -0.15) is 0 Å². The minimum absolute atomic E-state index is 0.0684. The SMILES string of the molecule is COC(=O)c1cc(NC(=O)Cc2ccc3c(c2)OCO3)c(F)cc1F. The van der Waals surface area contributed by atoms with E-state index in [0.717, 1.165) is 13.2 Å². The molecule has 1 aliphatic heterocycles. The molecular formula is C17H13F2NO5. The second-order valence-corrected chi connectivity index (χ2v) is 5.22. The highest BCUT2D eigenvalue weighted by molar-refractivity contribution is 5.95. The van der Waals surface area contributed by atoms with Crippen molar-refractivity contribution in [1.29, 1.82) is 0 Å². The summed E-state index contributed by atoms with van der Waals surface area (Å²) in [6.45, 7) is 0.113. The fourth-order valence-corrected chi connectivity index (χ4v) is 2.34. The number of esters is 1. The lowest BCUT2D eigenvalue weighted by Gasteiger charge is -2.09. The number of nitrogens with one attached hydrogen (secondary N) is 1. The van der Waals surface area contributed by atoms with Crippen molar-refractivity contribution in [2.24, 2.45) is 0 Å². The van der Waals surface area contributed by atoms with E-state index in [1.165, 1.54) is 0 Å². The van der Waals surface area contributed by atoms with Crippen LogP contribution >= 0.6 is 0 Å². The van der Waals surface area contributed by atoms with Gasteiger partial charge in [0.2, 0.25) is 12.7 Å². The average molecular weight is 349 g/mol. The van der Waals surface area contributed by atoms with Gasteiger partial charge in [-0.05, 0) is 23.8 Å². The van der Waals surface area contributed by atoms with Gasteiger partial charge in [-0.1, -0.05) is 6.07 Å². The summed E-state index contributed by atoms with van der Waals surface area (Å²) in [6, 6.07) is 6.39. The lowest BCUT2D eigenvalue weighted by molar-refractivity contribution is -0.115. The number of halogens is 2. The van der Waals surface area contributed by atoms with E-state index in [2.05, 4.69) is 10.1 Å². The van der Waals surface area contributed by atoms with Crippen LogP contribution in [0.15, 0.2) is 30.3 Å². The normalized spacial score (nSPS) is 12.0. The first-order valence-corrected chi connectivity index (χ1v) is 7.23. The summed E-state index contributed by atoms with van der Waals surface area (Å²) >= 11 is 0. The Labute approximate surface area is 141 Å². The number of carbonyl (C=O) groups is 2. The van der Waals surface area contributed by atoms with Gasteiger partial charge in [0, 0.05) is 6.07 Å². The van der Waals surface area contributed by atoms with Gasteiger partial charge in [-0.3, -0.25) is 4.79 Å². The Kier molecular flexibility index (Phi) is 4.51. The molecule has 1 N–H and O–H groups in total. The summed E-state index contributed by atoms with van der Waals surface area (Å²) in [5, 5.41) is 2.31. The zero-order valence-electron chi connectivity index (χ0n) is 13.1. The van der Waals surface area contributed by atoms with Crippen molar-refractivity contribution < 1.29 is 32.6 Å². The maximum absolute atomic E-state index is 13.8. The molecule has 1 aliphatic rings. The van der Waals surface area contributed by atoms with Crippen LogP contribution in [0.2, 0.25) is 0 Å². The molecule has 3 rings (SSSR count). The molecule has 0 saturated carbocycles. The summed E-state index contributed by atoms with van der Waals surface area (Å²) in [5.41, 5.74) is -0.160. The van der Waals surface area contributed by atoms with Gasteiger partial charge in [0.05, 0.1) is 24.8 Å². The Balaban J connectivity index is 1.75. The number of anilines is 1. The van der Waals surface area contributed by atoms with Crippen LogP contribution in [-0.4, -0.2) is 25.8 Å². The molecule has 2 aromatic rings. The lowest BCUT2D eigenvalue weighted by atomic mass is 10.1. The van der Waals surface area contributed by atoms with Gasteiger partial charge in [-0.15, -0.1) is 0 Å². The first-order valence-electron chi connectivity index (χ1n) is 7.23. The van der Waals surface area contributed by atoms with Crippen LogP contribution in [0.25, 0.3) is 0 Å². The summed E-state index contributed by atoms with van der Waals surface area (Å²) in [7, 11) is 1.07. The van der Waals surface area contributed by atoms with E-state index in [4.69, 9.17) is 9.47 Å². The monoisotopic (exact) mass is 349 g/mol. The van der Waals surface area contributed by atoms with Crippen LogP contribution in [0.4, 0.5) is 14.5 Å². The van der Waals surface area contributed by atoms with Gasteiger partial charge >= 0.3 is 5.97 Å². The summed E-state index contributed by atoms with van der Waals surface area (Å²) in [5.74, 6) is -2.48. The molecule has 1 heterocycles. The fourth-order valence-electron chi connectivity index (χ4n) is 2.34. The smallest absolute Gasteiger partial charge is 0.340 e. The van der Waals surface area contributed by atoms with E-state index in [-0.39, 0.29) is 18.9 Å². The molecule has 6 nitrogen and oxygen atoms in total. The Morgan fingerprint density at radius 3 is 2.64 bits per heavy atom. The van der Waals surface area contributed by atoms with Crippen molar-refractivity contribution in [3.8, 4) is 11.5 Å². The summed E-state index contributed by atoms with van der Waals surface area (Å²) < 4.78 is 42.2. The molecule has 0 saturated heterocycles.